The van der Waals surface area contributed by atoms with E-state index in [-0.39, 0.29) is 25.2 Å². The molecule has 0 heterocycles. The first-order chi connectivity index (χ1) is 10.0. The fourth-order valence-electron chi connectivity index (χ4n) is 1.87. The summed E-state index contributed by atoms with van der Waals surface area (Å²) in [5, 5.41) is 3.39. The molecule has 1 aromatic carbocycles. The first-order valence-corrected chi connectivity index (χ1v) is 7.26. The van der Waals surface area contributed by atoms with Gasteiger partial charge in [0.2, 0.25) is 0 Å². The summed E-state index contributed by atoms with van der Waals surface area (Å²) in [7, 11) is 0. The number of amides is 1. The van der Waals surface area contributed by atoms with Crippen molar-refractivity contribution in [2.45, 2.75) is 25.8 Å². The van der Waals surface area contributed by atoms with Crippen molar-refractivity contribution in [1.29, 1.82) is 0 Å². The van der Waals surface area contributed by atoms with E-state index in [2.05, 4.69) is 5.32 Å². The molecule has 0 radical (unpaired) electrons. The number of carbonyl (C=O) groups is 2. The molecule has 0 aliphatic heterocycles. The van der Waals surface area contributed by atoms with Crippen molar-refractivity contribution in [3.8, 4) is 5.75 Å². The predicted molar refractivity (Wildman–Crippen MR) is 78.2 cm³/mol. The third-order valence-electron chi connectivity index (χ3n) is 3.25. The molecular formula is C15H18ClNO4. The highest BCUT2D eigenvalue weighted by Gasteiger charge is 2.28. The fraction of sp³-hybridized carbons (Fsp3) is 0.467. The number of rotatable bonds is 7. The zero-order valence-electron chi connectivity index (χ0n) is 11.8. The van der Waals surface area contributed by atoms with Crippen molar-refractivity contribution in [2.75, 3.05) is 13.2 Å². The molecule has 0 spiro atoms. The second-order valence-corrected chi connectivity index (χ2v) is 5.53. The lowest BCUT2D eigenvalue weighted by molar-refractivity contribution is -0.150. The second-order valence-electron chi connectivity index (χ2n) is 5.10. The summed E-state index contributed by atoms with van der Waals surface area (Å²) in [5.74, 6) is 0.217. The van der Waals surface area contributed by atoms with Crippen LogP contribution in [0, 0.1) is 5.92 Å². The molecule has 0 unspecified atom stereocenters. The van der Waals surface area contributed by atoms with E-state index >= 15 is 0 Å². The van der Waals surface area contributed by atoms with E-state index in [9.17, 15) is 9.59 Å². The van der Waals surface area contributed by atoms with E-state index in [1.165, 1.54) is 0 Å². The molecule has 1 fully saturated rings. The SMILES string of the molecule is C[C@@H](NC(=O)COC(=O)COc1ccc(Cl)cc1)C1CC1. The average Bonchev–Trinajstić information content (AvgIpc) is 3.29. The third kappa shape index (κ3) is 5.63. The highest BCUT2D eigenvalue weighted by molar-refractivity contribution is 6.30. The summed E-state index contributed by atoms with van der Waals surface area (Å²) in [6.45, 7) is 1.44. The Kier molecular flexibility index (Phi) is 5.44. The molecule has 2 rings (SSSR count). The van der Waals surface area contributed by atoms with Crippen LogP contribution in [-0.4, -0.2) is 31.1 Å². The minimum atomic E-state index is -0.584. The topological polar surface area (TPSA) is 64.6 Å². The molecule has 1 aromatic rings. The minimum Gasteiger partial charge on any atom is -0.482 e. The summed E-state index contributed by atoms with van der Waals surface area (Å²) < 4.78 is 10.1. The first-order valence-electron chi connectivity index (χ1n) is 6.88. The van der Waals surface area contributed by atoms with Crippen LogP contribution < -0.4 is 10.1 Å². The molecule has 1 aliphatic carbocycles. The van der Waals surface area contributed by atoms with Crippen LogP contribution in [0.2, 0.25) is 5.02 Å². The first kappa shape index (κ1) is 15.6. The highest BCUT2D eigenvalue weighted by Crippen LogP contribution is 2.32. The molecule has 6 heteroatoms. The van der Waals surface area contributed by atoms with E-state index in [4.69, 9.17) is 21.1 Å². The average molecular weight is 312 g/mol. The Balaban J connectivity index is 1.62. The molecule has 114 valence electrons. The summed E-state index contributed by atoms with van der Waals surface area (Å²) >= 11 is 5.74. The van der Waals surface area contributed by atoms with Crippen LogP contribution in [0.1, 0.15) is 19.8 Å². The van der Waals surface area contributed by atoms with Crippen molar-refractivity contribution in [3.05, 3.63) is 29.3 Å². The van der Waals surface area contributed by atoms with Crippen LogP contribution in [0.5, 0.6) is 5.75 Å². The number of benzene rings is 1. The molecule has 0 bridgehead atoms. The van der Waals surface area contributed by atoms with Crippen molar-refractivity contribution < 1.29 is 19.1 Å². The molecule has 1 N–H and O–H groups in total. The normalized spacial score (nSPS) is 15.1. The van der Waals surface area contributed by atoms with Gasteiger partial charge in [-0.15, -0.1) is 0 Å². The zero-order chi connectivity index (χ0) is 15.2. The zero-order valence-corrected chi connectivity index (χ0v) is 12.6. The van der Waals surface area contributed by atoms with Gasteiger partial charge in [0.1, 0.15) is 5.75 Å². The van der Waals surface area contributed by atoms with Crippen molar-refractivity contribution in [3.63, 3.8) is 0 Å². The molecule has 1 aliphatic rings. The van der Waals surface area contributed by atoms with Crippen LogP contribution in [-0.2, 0) is 14.3 Å². The van der Waals surface area contributed by atoms with Crippen LogP contribution >= 0.6 is 11.6 Å². The predicted octanol–water partition coefficient (Wildman–Crippen LogP) is 2.18. The molecule has 1 saturated carbocycles. The quantitative estimate of drug-likeness (QED) is 0.784. The number of carbonyl (C=O) groups excluding carboxylic acids is 2. The van der Waals surface area contributed by atoms with Crippen molar-refractivity contribution >= 4 is 23.5 Å². The smallest absolute Gasteiger partial charge is 0.344 e. The van der Waals surface area contributed by atoms with Crippen LogP contribution in [0.25, 0.3) is 0 Å². The van der Waals surface area contributed by atoms with Crippen LogP contribution in [0.4, 0.5) is 0 Å². The van der Waals surface area contributed by atoms with Gasteiger partial charge in [-0.1, -0.05) is 11.6 Å². The van der Waals surface area contributed by atoms with Gasteiger partial charge in [0.15, 0.2) is 13.2 Å². The molecule has 21 heavy (non-hydrogen) atoms. The van der Waals surface area contributed by atoms with Gasteiger partial charge >= 0.3 is 5.97 Å². The Labute approximate surface area is 128 Å². The Morgan fingerprint density at radius 2 is 1.95 bits per heavy atom. The van der Waals surface area contributed by atoms with Gasteiger partial charge in [-0.25, -0.2) is 4.79 Å². The molecule has 0 saturated heterocycles. The van der Waals surface area contributed by atoms with E-state index in [0.29, 0.717) is 16.7 Å². The summed E-state index contributed by atoms with van der Waals surface area (Å²) in [4.78, 5) is 23.0. The highest BCUT2D eigenvalue weighted by atomic mass is 35.5. The van der Waals surface area contributed by atoms with Crippen molar-refractivity contribution in [2.24, 2.45) is 5.92 Å². The third-order valence-corrected chi connectivity index (χ3v) is 3.50. The van der Waals surface area contributed by atoms with Crippen LogP contribution in [0.15, 0.2) is 24.3 Å². The Bertz CT molecular complexity index is 499. The van der Waals surface area contributed by atoms with Gasteiger partial charge in [-0.2, -0.15) is 0 Å². The van der Waals surface area contributed by atoms with E-state index < -0.39 is 5.97 Å². The lowest BCUT2D eigenvalue weighted by Crippen LogP contribution is -2.37. The lowest BCUT2D eigenvalue weighted by Gasteiger charge is -2.12. The number of hydrogen-bond donors (Lipinski definition) is 1. The summed E-state index contributed by atoms with van der Waals surface area (Å²) in [6, 6.07) is 6.77. The molecule has 1 atom stereocenters. The van der Waals surface area contributed by atoms with Crippen molar-refractivity contribution in [1.82, 2.24) is 5.32 Å². The largest absolute Gasteiger partial charge is 0.482 e. The summed E-state index contributed by atoms with van der Waals surface area (Å²) in [5.41, 5.74) is 0. The van der Waals surface area contributed by atoms with Gasteiger partial charge in [-0.05, 0) is 49.9 Å². The number of ether oxygens (including phenoxy) is 2. The Morgan fingerprint density at radius 1 is 1.29 bits per heavy atom. The van der Waals surface area contributed by atoms with Gasteiger partial charge in [-0.3, -0.25) is 4.79 Å². The van der Waals surface area contributed by atoms with Gasteiger partial charge in [0, 0.05) is 11.1 Å². The van der Waals surface area contributed by atoms with Gasteiger partial charge < -0.3 is 14.8 Å². The number of nitrogens with one attached hydrogen (secondary N) is 1. The lowest BCUT2D eigenvalue weighted by atomic mass is 10.2. The number of esters is 1. The van der Waals surface area contributed by atoms with E-state index in [1.807, 2.05) is 6.92 Å². The summed E-state index contributed by atoms with van der Waals surface area (Å²) in [6.07, 6.45) is 2.30. The number of hydrogen-bond acceptors (Lipinski definition) is 4. The molecule has 5 nitrogen and oxygen atoms in total. The standard InChI is InChI=1S/C15H18ClNO4/c1-10(11-2-3-11)17-14(18)8-21-15(19)9-20-13-6-4-12(16)5-7-13/h4-7,10-11H,2-3,8-9H2,1H3,(H,17,18)/t10-/m1/s1. The van der Waals surface area contributed by atoms with Gasteiger partial charge in [0.25, 0.3) is 5.91 Å². The maximum absolute atomic E-state index is 11.6. The van der Waals surface area contributed by atoms with Gasteiger partial charge in [0.05, 0.1) is 0 Å². The van der Waals surface area contributed by atoms with E-state index in [0.717, 1.165) is 12.8 Å². The second kappa shape index (κ2) is 7.31. The maximum Gasteiger partial charge on any atom is 0.344 e. The Hall–Kier alpha value is -1.75. The number of halogens is 1. The Morgan fingerprint density at radius 3 is 2.57 bits per heavy atom. The maximum atomic E-state index is 11.6. The molecule has 1 amide bonds. The molecule has 0 aromatic heterocycles. The van der Waals surface area contributed by atoms with E-state index in [1.54, 1.807) is 24.3 Å². The molecular weight excluding hydrogens is 294 g/mol. The monoisotopic (exact) mass is 311 g/mol. The van der Waals surface area contributed by atoms with Crippen LogP contribution in [0.3, 0.4) is 0 Å². The fourth-order valence-corrected chi connectivity index (χ4v) is 2.00. The minimum absolute atomic E-state index is 0.140.